The van der Waals surface area contributed by atoms with Crippen molar-refractivity contribution in [2.45, 2.75) is 19.9 Å². The number of aliphatic hydroxyl groups is 1. The third-order valence-corrected chi connectivity index (χ3v) is 2.97. The van der Waals surface area contributed by atoms with E-state index in [-0.39, 0.29) is 6.61 Å². The van der Waals surface area contributed by atoms with Gasteiger partial charge in [0.15, 0.2) is 0 Å². The van der Waals surface area contributed by atoms with Gasteiger partial charge in [0.1, 0.15) is 0 Å². The van der Waals surface area contributed by atoms with Crippen molar-refractivity contribution in [2.75, 3.05) is 25.9 Å². The van der Waals surface area contributed by atoms with E-state index in [1.807, 2.05) is 25.1 Å². The highest BCUT2D eigenvalue weighted by molar-refractivity contribution is 5.41. The minimum atomic E-state index is 0.230. The number of hydrogen-bond acceptors (Lipinski definition) is 3. The molecule has 0 aliphatic carbocycles. The second-order valence-electron chi connectivity index (χ2n) is 4.57. The molecule has 0 heterocycles. The van der Waals surface area contributed by atoms with Gasteiger partial charge < -0.3 is 10.8 Å². The van der Waals surface area contributed by atoms with Crippen LogP contribution in [0, 0.1) is 5.92 Å². The van der Waals surface area contributed by atoms with E-state index < -0.39 is 0 Å². The molecule has 0 aromatic heterocycles. The maximum absolute atomic E-state index is 9.03. The molecule has 0 aliphatic rings. The van der Waals surface area contributed by atoms with Gasteiger partial charge in [-0.3, -0.25) is 4.90 Å². The summed E-state index contributed by atoms with van der Waals surface area (Å²) >= 11 is 0. The maximum atomic E-state index is 9.03. The van der Waals surface area contributed by atoms with Gasteiger partial charge in [-0.25, -0.2) is 0 Å². The van der Waals surface area contributed by atoms with E-state index in [9.17, 15) is 0 Å². The number of aliphatic hydroxyl groups excluding tert-OH is 1. The van der Waals surface area contributed by atoms with Gasteiger partial charge >= 0.3 is 0 Å². The van der Waals surface area contributed by atoms with Crippen LogP contribution in [0.3, 0.4) is 0 Å². The maximum Gasteiger partial charge on any atom is 0.0468 e. The Balaban J connectivity index is 2.66. The largest absolute Gasteiger partial charge is 0.399 e. The summed E-state index contributed by atoms with van der Waals surface area (Å²) in [5, 5.41) is 9.03. The Bertz CT molecular complexity index is 327. The van der Waals surface area contributed by atoms with Crippen molar-refractivity contribution >= 4 is 5.69 Å². The fraction of sp³-hybridized carbons (Fsp3) is 0.538. The van der Waals surface area contributed by atoms with Crippen LogP contribution >= 0.6 is 0 Å². The predicted octanol–water partition coefficient (Wildman–Crippen LogP) is 1.89. The lowest BCUT2D eigenvalue weighted by molar-refractivity contribution is 0.167. The minimum absolute atomic E-state index is 0.230. The fourth-order valence-electron chi connectivity index (χ4n) is 1.78. The molecule has 16 heavy (non-hydrogen) atoms. The Morgan fingerprint density at radius 3 is 2.62 bits per heavy atom. The van der Waals surface area contributed by atoms with Gasteiger partial charge in [-0.1, -0.05) is 19.1 Å². The Kier molecular flexibility index (Phi) is 4.77. The third kappa shape index (κ3) is 3.51. The molecular formula is C13H22N2O. The summed E-state index contributed by atoms with van der Waals surface area (Å²) in [4.78, 5) is 2.23. The van der Waals surface area contributed by atoms with Crippen molar-refractivity contribution < 1.29 is 5.11 Å². The van der Waals surface area contributed by atoms with E-state index in [2.05, 4.69) is 24.9 Å². The quantitative estimate of drug-likeness (QED) is 0.748. The summed E-state index contributed by atoms with van der Waals surface area (Å²) in [6.45, 7) is 5.31. The fourth-order valence-corrected chi connectivity index (χ4v) is 1.78. The number of nitrogens with two attached hydrogens (primary N) is 1. The first kappa shape index (κ1) is 13.0. The molecular weight excluding hydrogens is 200 g/mol. The first-order valence-electron chi connectivity index (χ1n) is 5.71. The minimum Gasteiger partial charge on any atom is -0.399 e. The first-order chi connectivity index (χ1) is 7.54. The van der Waals surface area contributed by atoms with Gasteiger partial charge in [0.25, 0.3) is 0 Å². The molecule has 2 atom stereocenters. The molecule has 1 aromatic rings. The topological polar surface area (TPSA) is 49.5 Å². The van der Waals surface area contributed by atoms with Crippen LogP contribution in [0.25, 0.3) is 0 Å². The molecule has 90 valence electrons. The summed E-state index contributed by atoms with van der Waals surface area (Å²) in [6.07, 6.45) is 0. The molecule has 0 saturated carbocycles. The molecule has 0 bridgehead atoms. The molecule has 3 N–H and O–H groups in total. The number of nitrogens with zero attached hydrogens (tertiary/aromatic N) is 1. The molecule has 1 aromatic carbocycles. The summed E-state index contributed by atoms with van der Waals surface area (Å²) in [5.74, 6) is 0.300. The third-order valence-electron chi connectivity index (χ3n) is 2.97. The van der Waals surface area contributed by atoms with E-state index in [1.165, 1.54) is 5.56 Å². The zero-order valence-corrected chi connectivity index (χ0v) is 10.4. The van der Waals surface area contributed by atoms with E-state index >= 15 is 0 Å². The van der Waals surface area contributed by atoms with Gasteiger partial charge in [0.05, 0.1) is 0 Å². The van der Waals surface area contributed by atoms with E-state index in [1.54, 1.807) is 0 Å². The molecule has 2 unspecified atom stereocenters. The van der Waals surface area contributed by atoms with Crippen molar-refractivity contribution in [2.24, 2.45) is 5.92 Å². The van der Waals surface area contributed by atoms with Crippen LogP contribution in [-0.4, -0.2) is 30.2 Å². The van der Waals surface area contributed by atoms with Gasteiger partial charge in [-0.15, -0.1) is 0 Å². The number of rotatable bonds is 5. The number of nitrogen functional groups attached to an aromatic ring is 1. The molecule has 0 fully saturated rings. The molecule has 0 aliphatic heterocycles. The van der Waals surface area contributed by atoms with Crippen LogP contribution in [0.15, 0.2) is 24.3 Å². The lowest BCUT2D eigenvalue weighted by atomic mass is 10.1. The lowest BCUT2D eigenvalue weighted by Crippen LogP contribution is -2.28. The van der Waals surface area contributed by atoms with Crippen LogP contribution in [0.4, 0.5) is 5.69 Å². The van der Waals surface area contributed by atoms with Crippen LogP contribution in [0.2, 0.25) is 0 Å². The molecule has 0 saturated heterocycles. The first-order valence-corrected chi connectivity index (χ1v) is 5.71. The summed E-state index contributed by atoms with van der Waals surface area (Å²) in [7, 11) is 2.07. The van der Waals surface area contributed by atoms with Crippen molar-refractivity contribution in [3.8, 4) is 0 Å². The molecule has 0 radical (unpaired) electrons. The summed E-state index contributed by atoms with van der Waals surface area (Å²) < 4.78 is 0. The van der Waals surface area contributed by atoms with Gasteiger partial charge in [-0.2, -0.15) is 0 Å². The summed E-state index contributed by atoms with van der Waals surface area (Å²) in [5.41, 5.74) is 7.78. The molecule has 3 nitrogen and oxygen atoms in total. The predicted molar refractivity (Wildman–Crippen MR) is 68.1 cm³/mol. The number of anilines is 1. The Labute approximate surface area is 97.9 Å². The van der Waals surface area contributed by atoms with Crippen LogP contribution in [0.1, 0.15) is 25.5 Å². The van der Waals surface area contributed by atoms with E-state index in [4.69, 9.17) is 10.8 Å². The normalized spacial score (nSPS) is 15.1. The van der Waals surface area contributed by atoms with E-state index in [0.29, 0.717) is 12.0 Å². The van der Waals surface area contributed by atoms with Gasteiger partial charge in [-0.05, 0) is 37.6 Å². The average Bonchev–Trinajstić information content (AvgIpc) is 2.27. The molecule has 1 rings (SSSR count). The number of hydrogen-bond donors (Lipinski definition) is 2. The Morgan fingerprint density at radius 1 is 1.38 bits per heavy atom. The van der Waals surface area contributed by atoms with Gasteiger partial charge in [0.2, 0.25) is 0 Å². The van der Waals surface area contributed by atoms with Crippen LogP contribution in [0.5, 0.6) is 0 Å². The van der Waals surface area contributed by atoms with Crippen molar-refractivity contribution in [3.63, 3.8) is 0 Å². The monoisotopic (exact) mass is 222 g/mol. The SMILES string of the molecule is CC(CO)CN(C)C(C)c1cccc(N)c1. The second-order valence-corrected chi connectivity index (χ2v) is 4.57. The van der Waals surface area contributed by atoms with Crippen molar-refractivity contribution in [3.05, 3.63) is 29.8 Å². The second kappa shape index (κ2) is 5.87. The highest BCUT2D eigenvalue weighted by Crippen LogP contribution is 2.21. The lowest BCUT2D eigenvalue weighted by Gasteiger charge is -2.27. The number of benzene rings is 1. The average molecular weight is 222 g/mol. The Morgan fingerprint density at radius 2 is 2.06 bits per heavy atom. The molecule has 0 spiro atoms. The highest BCUT2D eigenvalue weighted by Gasteiger charge is 2.13. The Hall–Kier alpha value is -1.06. The summed E-state index contributed by atoms with van der Waals surface area (Å²) in [6, 6.07) is 8.28. The van der Waals surface area contributed by atoms with Crippen molar-refractivity contribution in [1.29, 1.82) is 0 Å². The highest BCUT2D eigenvalue weighted by atomic mass is 16.3. The van der Waals surface area contributed by atoms with Crippen molar-refractivity contribution in [1.82, 2.24) is 4.90 Å². The molecule has 0 amide bonds. The van der Waals surface area contributed by atoms with Gasteiger partial charge in [0, 0.05) is 24.9 Å². The smallest absolute Gasteiger partial charge is 0.0468 e. The van der Waals surface area contributed by atoms with E-state index in [0.717, 1.165) is 12.2 Å². The standard InChI is InChI=1S/C13H22N2O/c1-10(9-16)8-15(3)11(2)12-5-4-6-13(14)7-12/h4-7,10-11,16H,8-9,14H2,1-3H3. The zero-order valence-electron chi connectivity index (χ0n) is 10.4. The van der Waals surface area contributed by atoms with Crippen LogP contribution in [-0.2, 0) is 0 Å². The zero-order chi connectivity index (χ0) is 12.1. The van der Waals surface area contributed by atoms with Crippen LogP contribution < -0.4 is 5.73 Å². The molecule has 3 heteroatoms.